The Morgan fingerprint density at radius 2 is 1.93 bits per heavy atom. The van der Waals surface area contributed by atoms with Crippen LogP contribution in [0.25, 0.3) is 0 Å². The molecule has 1 atom stereocenters. The fourth-order valence-corrected chi connectivity index (χ4v) is 3.44. The van der Waals surface area contributed by atoms with Crippen LogP contribution in [0.3, 0.4) is 0 Å². The number of rotatable bonds is 6. The first kappa shape index (κ1) is 24.1. The number of hydrogen-bond donors (Lipinski definition) is 3. The van der Waals surface area contributed by atoms with Crippen molar-refractivity contribution < 1.29 is 14.6 Å². The number of hydrogen-bond acceptors (Lipinski definition) is 5. The number of benzene rings is 1. The third-order valence-electron chi connectivity index (χ3n) is 4.98. The molecule has 3 N–H and O–H groups in total. The molecule has 0 radical (unpaired) electrons. The molecular formula is C19H31Cl2N3O3. The van der Waals surface area contributed by atoms with Gasteiger partial charge in [-0.1, -0.05) is 24.3 Å². The van der Waals surface area contributed by atoms with Crippen molar-refractivity contribution >= 4 is 30.7 Å². The van der Waals surface area contributed by atoms with Crippen LogP contribution in [0.2, 0.25) is 0 Å². The third kappa shape index (κ3) is 7.94. The second kappa shape index (κ2) is 12.5. The minimum Gasteiger partial charge on any atom is -0.393 e. The van der Waals surface area contributed by atoms with Gasteiger partial charge in [0, 0.05) is 45.2 Å². The van der Waals surface area contributed by atoms with E-state index in [0.29, 0.717) is 19.6 Å². The van der Waals surface area contributed by atoms with Crippen LogP contribution in [0, 0.1) is 0 Å². The van der Waals surface area contributed by atoms with Gasteiger partial charge in [-0.05, 0) is 24.0 Å². The van der Waals surface area contributed by atoms with Gasteiger partial charge in [-0.3, -0.25) is 9.69 Å². The van der Waals surface area contributed by atoms with Crippen LogP contribution >= 0.6 is 24.8 Å². The lowest BCUT2D eigenvalue weighted by Crippen LogP contribution is -2.44. The number of carbonyl (C=O) groups excluding carboxylic acids is 1. The molecule has 2 fully saturated rings. The summed E-state index contributed by atoms with van der Waals surface area (Å²) in [7, 11) is 0. The van der Waals surface area contributed by atoms with Gasteiger partial charge < -0.3 is 20.5 Å². The molecule has 6 nitrogen and oxygen atoms in total. The topological polar surface area (TPSA) is 73.8 Å². The van der Waals surface area contributed by atoms with Gasteiger partial charge in [0.2, 0.25) is 5.91 Å². The second-order valence-corrected chi connectivity index (χ2v) is 6.98. The van der Waals surface area contributed by atoms with Crippen molar-refractivity contribution in [3.63, 3.8) is 0 Å². The Morgan fingerprint density at radius 1 is 1.22 bits per heavy atom. The number of carbonyl (C=O) groups is 1. The Bertz CT molecular complexity index is 563. The van der Waals surface area contributed by atoms with Crippen LogP contribution in [-0.4, -0.2) is 60.9 Å². The van der Waals surface area contributed by atoms with Crippen molar-refractivity contribution in [3.05, 3.63) is 35.4 Å². The number of nitrogens with one attached hydrogen (secondary N) is 2. The van der Waals surface area contributed by atoms with E-state index < -0.39 is 0 Å². The van der Waals surface area contributed by atoms with Crippen molar-refractivity contribution in [2.75, 3.05) is 32.8 Å². The summed E-state index contributed by atoms with van der Waals surface area (Å²) in [5.41, 5.74) is 2.41. The molecule has 2 heterocycles. The lowest BCUT2D eigenvalue weighted by atomic mass is 10.0. The van der Waals surface area contributed by atoms with E-state index in [2.05, 4.69) is 27.7 Å². The molecule has 2 aliphatic heterocycles. The Morgan fingerprint density at radius 3 is 2.59 bits per heavy atom. The van der Waals surface area contributed by atoms with Crippen molar-refractivity contribution in [3.8, 4) is 0 Å². The van der Waals surface area contributed by atoms with Crippen LogP contribution < -0.4 is 10.6 Å². The maximum absolute atomic E-state index is 12.2. The molecule has 154 valence electrons. The standard InChI is InChI=1S/C19H29N3O3.2ClH/c23-18-5-8-22(9-6-18)13-16-4-2-1-3-15(16)12-21-19(24)11-17-14-25-10-7-20-17;;/h1-4,17-18,20,23H,5-14H2,(H,21,24);2*1H. The molecule has 1 amide bonds. The first-order chi connectivity index (χ1) is 12.2. The average Bonchev–Trinajstić information content (AvgIpc) is 2.64. The summed E-state index contributed by atoms with van der Waals surface area (Å²) in [4.78, 5) is 14.5. The van der Waals surface area contributed by atoms with Gasteiger partial charge in [0.15, 0.2) is 0 Å². The summed E-state index contributed by atoms with van der Waals surface area (Å²) in [6.07, 6.45) is 1.99. The summed E-state index contributed by atoms with van der Waals surface area (Å²) in [6.45, 7) is 5.41. The molecule has 0 aliphatic carbocycles. The highest BCUT2D eigenvalue weighted by Gasteiger charge is 2.19. The van der Waals surface area contributed by atoms with Crippen LogP contribution in [0.1, 0.15) is 30.4 Å². The van der Waals surface area contributed by atoms with Crippen molar-refractivity contribution in [1.29, 1.82) is 0 Å². The van der Waals surface area contributed by atoms with E-state index in [1.54, 1.807) is 0 Å². The normalized spacial score (nSPS) is 21.0. The summed E-state index contributed by atoms with van der Waals surface area (Å²) in [5, 5.41) is 16.0. The molecule has 2 aliphatic rings. The first-order valence-electron chi connectivity index (χ1n) is 9.26. The van der Waals surface area contributed by atoms with Crippen LogP contribution in [-0.2, 0) is 22.6 Å². The number of morpholine rings is 1. The zero-order valence-corrected chi connectivity index (χ0v) is 17.2. The predicted molar refractivity (Wildman–Crippen MR) is 111 cm³/mol. The maximum atomic E-state index is 12.2. The minimum atomic E-state index is -0.150. The van der Waals surface area contributed by atoms with Crippen LogP contribution in [0.15, 0.2) is 24.3 Å². The molecule has 1 aromatic carbocycles. The number of piperidine rings is 1. The molecule has 2 saturated heterocycles. The van der Waals surface area contributed by atoms with Gasteiger partial charge in [0.25, 0.3) is 0 Å². The smallest absolute Gasteiger partial charge is 0.221 e. The molecule has 1 unspecified atom stereocenters. The van der Waals surface area contributed by atoms with Crippen LogP contribution in [0.5, 0.6) is 0 Å². The van der Waals surface area contributed by atoms with Gasteiger partial charge in [-0.25, -0.2) is 0 Å². The average molecular weight is 420 g/mol. The van der Waals surface area contributed by atoms with E-state index in [9.17, 15) is 9.90 Å². The number of nitrogens with zero attached hydrogens (tertiary/aromatic N) is 1. The number of ether oxygens (including phenoxy) is 1. The zero-order valence-electron chi connectivity index (χ0n) is 15.6. The summed E-state index contributed by atoms with van der Waals surface area (Å²) in [5.74, 6) is 0.0545. The molecule has 0 bridgehead atoms. The molecule has 3 rings (SSSR count). The number of halogens is 2. The first-order valence-corrected chi connectivity index (χ1v) is 9.26. The highest BCUT2D eigenvalue weighted by molar-refractivity contribution is 5.85. The monoisotopic (exact) mass is 419 g/mol. The van der Waals surface area contributed by atoms with E-state index >= 15 is 0 Å². The SMILES string of the molecule is Cl.Cl.O=C(CC1COCCN1)NCc1ccccc1CN1CCC(O)CC1. The lowest BCUT2D eigenvalue weighted by molar-refractivity contribution is -0.122. The number of amides is 1. The van der Waals surface area contributed by atoms with Gasteiger partial charge in [-0.2, -0.15) is 0 Å². The Kier molecular flexibility index (Phi) is 11.2. The Balaban J connectivity index is 0.00000182. The molecule has 0 spiro atoms. The molecule has 8 heteroatoms. The van der Waals surface area contributed by atoms with Gasteiger partial charge in [-0.15, -0.1) is 24.8 Å². The maximum Gasteiger partial charge on any atom is 0.221 e. The zero-order chi connectivity index (χ0) is 17.5. The largest absolute Gasteiger partial charge is 0.393 e. The Labute approximate surface area is 173 Å². The number of aliphatic hydroxyl groups is 1. The predicted octanol–water partition coefficient (Wildman–Crippen LogP) is 1.48. The van der Waals surface area contributed by atoms with Crippen molar-refractivity contribution in [2.24, 2.45) is 0 Å². The quantitative estimate of drug-likeness (QED) is 0.650. The van der Waals surface area contributed by atoms with Crippen LogP contribution in [0.4, 0.5) is 0 Å². The van der Waals surface area contributed by atoms with Gasteiger partial charge >= 0.3 is 0 Å². The number of aliphatic hydroxyl groups excluding tert-OH is 1. The molecule has 0 saturated carbocycles. The number of likely N-dealkylation sites (tertiary alicyclic amines) is 1. The fourth-order valence-electron chi connectivity index (χ4n) is 3.44. The summed E-state index contributed by atoms with van der Waals surface area (Å²) >= 11 is 0. The fraction of sp³-hybridized carbons (Fsp3) is 0.632. The van der Waals surface area contributed by atoms with Crippen molar-refractivity contribution in [1.82, 2.24) is 15.5 Å². The van der Waals surface area contributed by atoms with Crippen molar-refractivity contribution in [2.45, 2.75) is 44.5 Å². The van der Waals surface area contributed by atoms with Gasteiger partial charge in [0.05, 0.1) is 19.3 Å². The van der Waals surface area contributed by atoms with E-state index in [4.69, 9.17) is 4.74 Å². The molecular weight excluding hydrogens is 389 g/mol. The third-order valence-corrected chi connectivity index (χ3v) is 4.98. The minimum absolute atomic E-state index is 0. The second-order valence-electron chi connectivity index (χ2n) is 6.98. The lowest BCUT2D eigenvalue weighted by Gasteiger charge is -2.30. The van der Waals surface area contributed by atoms with E-state index in [1.807, 2.05) is 12.1 Å². The highest BCUT2D eigenvalue weighted by Crippen LogP contribution is 2.16. The van der Waals surface area contributed by atoms with E-state index in [1.165, 1.54) is 5.56 Å². The summed E-state index contributed by atoms with van der Waals surface area (Å²) < 4.78 is 5.39. The Hall–Kier alpha value is -0.890. The molecule has 0 aromatic heterocycles. The van der Waals surface area contributed by atoms with E-state index in [-0.39, 0.29) is 42.9 Å². The summed E-state index contributed by atoms with van der Waals surface area (Å²) in [6, 6.07) is 8.38. The van der Waals surface area contributed by atoms with Gasteiger partial charge in [0.1, 0.15) is 0 Å². The highest BCUT2D eigenvalue weighted by atomic mass is 35.5. The van der Waals surface area contributed by atoms with E-state index in [0.717, 1.165) is 51.2 Å². The molecule has 1 aromatic rings. The molecule has 27 heavy (non-hydrogen) atoms.